The topological polar surface area (TPSA) is 186 Å². The van der Waals surface area contributed by atoms with E-state index >= 15 is 0 Å². The fourth-order valence-corrected chi connectivity index (χ4v) is 4.11. The molecule has 0 radical (unpaired) electrons. The Morgan fingerprint density at radius 3 is 1.30 bits per heavy atom. The zero-order valence-electron chi connectivity index (χ0n) is 21.6. The van der Waals surface area contributed by atoms with Crippen LogP contribution in [0.4, 0.5) is 23.0 Å². The van der Waals surface area contributed by atoms with E-state index in [0.29, 0.717) is 45.4 Å². The molecule has 40 heavy (non-hydrogen) atoms. The van der Waals surface area contributed by atoms with Gasteiger partial charge in [0.15, 0.2) is 0 Å². The van der Waals surface area contributed by atoms with Gasteiger partial charge in [-0.1, -0.05) is 0 Å². The number of rotatable bonds is 8. The van der Waals surface area contributed by atoms with Crippen molar-refractivity contribution in [3.8, 4) is 34.0 Å². The maximum Gasteiger partial charge on any atom is 0.261 e. The zero-order chi connectivity index (χ0) is 28.2. The Balaban J connectivity index is 1.29. The van der Waals surface area contributed by atoms with E-state index in [1.807, 2.05) is 0 Å². The van der Waals surface area contributed by atoms with Crippen LogP contribution in [0.5, 0.6) is 11.5 Å². The molecule has 0 atom stereocenters. The summed E-state index contributed by atoms with van der Waals surface area (Å²) in [6, 6.07) is 20.8. The lowest BCUT2D eigenvalue weighted by Crippen LogP contribution is -2.15. The molecule has 0 bridgehead atoms. The highest BCUT2D eigenvalue weighted by Crippen LogP contribution is 2.29. The van der Waals surface area contributed by atoms with Gasteiger partial charge in [0.1, 0.15) is 45.6 Å². The van der Waals surface area contributed by atoms with E-state index in [1.54, 1.807) is 87.0 Å². The molecule has 2 amide bonds. The number of anilines is 4. The number of nitrogens with zero attached hydrogens (tertiary/aromatic N) is 2. The van der Waals surface area contributed by atoms with E-state index in [1.165, 1.54) is 0 Å². The maximum absolute atomic E-state index is 13.1. The standard InChI is InChI=1S/C28H26N8O4/c1-39-19-11-3-15(4-12-19)23-21(25(29)35-33-23)27(37)31-17-7-9-18(10-8-17)32-28(38)22-24(34-36-26(22)30)16-5-13-20(40-2)14-6-16/h3-14H,1-2H3,(H,31,37)(H,32,38)(H3,29,33,35)(H3,30,34,36). The van der Waals surface area contributed by atoms with Crippen molar-refractivity contribution >= 4 is 34.8 Å². The average Bonchev–Trinajstić information content (AvgIpc) is 3.56. The predicted molar refractivity (Wildman–Crippen MR) is 152 cm³/mol. The van der Waals surface area contributed by atoms with E-state index < -0.39 is 11.8 Å². The van der Waals surface area contributed by atoms with Crippen LogP contribution in [0, 0.1) is 0 Å². The Labute approximate surface area is 228 Å². The fourth-order valence-electron chi connectivity index (χ4n) is 4.11. The number of nitrogen functional groups attached to an aromatic ring is 2. The number of amides is 2. The van der Waals surface area contributed by atoms with Gasteiger partial charge in [-0.3, -0.25) is 19.8 Å². The van der Waals surface area contributed by atoms with Crippen LogP contribution in [0.15, 0.2) is 72.8 Å². The van der Waals surface area contributed by atoms with Crippen LogP contribution in [-0.4, -0.2) is 46.4 Å². The lowest BCUT2D eigenvalue weighted by atomic mass is 10.1. The predicted octanol–water partition coefficient (Wildman–Crippen LogP) is 4.15. The highest BCUT2D eigenvalue weighted by atomic mass is 16.5. The van der Waals surface area contributed by atoms with Gasteiger partial charge in [0, 0.05) is 22.5 Å². The lowest BCUT2D eigenvalue weighted by Gasteiger charge is -2.10. The van der Waals surface area contributed by atoms with Crippen molar-refractivity contribution < 1.29 is 19.1 Å². The van der Waals surface area contributed by atoms with Crippen molar-refractivity contribution in [1.82, 2.24) is 20.4 Å². The van der Waals surface area contributed by atoms with Gasteiger partial charge in [0.05, 0.1) is 14.2 Å². The summed E-state index contributed by atoms with van der Waals surface area (Å²) in [6.07, 6.45) is 0. The number of aromatic nitrogens is 4. The molecule has 0 aliphatic heterocycles. The molecule has 2 aromatic heterocycles. The van der Waals surface area contributed by atoms with Crippen molar-refractivity contribution in [3.05, 3.63) is 83.9 Å². The molecule has 0 saturated carbocycles. The number of hydrogen-bond donors (Lipinski definition) is 6. The second kappa shape index (κ2) is 10.9. The SMILES string of the molecule is COc1ccc(-c2n[nH]c(N)c2C(=O)Nc2ccc(NC(=O)c3c(-c4ccc(OC)cc4)n[nH]c3N)cc2)cc1. The normalized spacial score (nSPS) is 10.7. The number of benzene rings is 3. The summed E-state index contributed by atoms with van der Waals surface area (Å²) in [5.41, 5.74) is 15.7. The molecule has 0 aliphatic carbocycles. The summed E-state index contributed by atoms with van der Waals surface area (Å²) < 4.78 is 10.4. The van der Waals surface area contributed by atoms with E-state index in [2.05, 4.69) is 31.0 Å². The molecule has 0 spiro atoms. The molecule has 5 rings (SSSR count). The number of nitrogens with one attached hydrogen (secondary N) is 4. The first kappa shape index (κ1) is 25.9. The van der Waals surface area contributed by atoms with Gasteiger partial charge in [-0.15, -0.1) is 0 Å². The van der Waals surface area contributed by atoms with Gasteiger partial charge >= 0.3 is 0 Å². The fraction of sp³-hybridized carbons (Fsp3) is 0.0714. The largest absolute Gasteiger partial charge is 0.497 e. The van der Waals surface area contributed by atoms with Crippen molar-refractivity contribution in [2.45, 2.75) is 0 Å². The van der Waals surface area contributed by atoms with Crippen LogP contribution in [-0.2, 0) is 0 Å². The zero-order valence-corrected chi connectivity index (χ0v) is 21.6. The molecule has 12 heteroatoms. The molecule has 8 N–H and O–H groups in total. The second-order valence-electron chi connectivity index (χ2n) is 8.66. The maximum atomic E-state index is 13.1. The van der Waals surface area contributed by atoms with Gasteiger partial charge in [-0.05, 0) is 72.8 Å². The monoisotopic (exact) mass is 538 g/mol. The molecule has 2 heterocycles. The summed E-state index contributed by atoms with van der Waals surface area (Å²) in [7, 11) is 3.15. The number of carbonyl (C=O) groups is 2. The van der Waals surface area contributed by atoms with Gasteiger partial charge in [0.2, 0.25) is 0 Å². The molecule has 0 saturated heterocycles. The molecule has 0 aliphatic rings. The molecular formula is C28H26N8O4. The molecule has 202 valence electrons. The summed E-state index contributed by atoms with van der Waals surface area (Å²) in [6.45, 7) is 0. The third-order valence-electron chi connectivity index (χ3n) is 6.17. The first-order valence-electron chi connectivity index (χ1n) is 12.1. The highest BCUT2D eigenvalue weighted by molar-refractivity contribution is 6.12. The number of hydrogen-bond acceptors (Lipinski definition) is 8. The molecule has 5 aromatic rings. The van der Waals surface area contributed by atoms with Crippen LogP contribution in [0.3, 0.4) is 0 Å². The summed E-state index contributed by atoms with van der Waals surface area (Å²) in [5, 5.41) is 19.4. The molecular weight excluding hydrogens is 512 g/mol. The number of nitrogens with two attached hydrogens (primary N) is 2. The summed E-state index contributed by atoms with van der Waals surface area (Å²) in [4.78, 5) is 26.2. The van der Waals surface area contributed by atoms with Crippen molar-refractivity contribution in [2.75, 3.05) is 36.3 Å². The van der Waals surface area contributed by atoms with E-state index in [0.717, 1.165) is 0 Å². The van der Waals surface area contributed by atoms with Crippen molar-refractivity contribution in [3.63, 3.8) is 0 Å². The van der Waals surface area contributed by atoms with Crippen LogP contribution in [0.25, 0.3) is 22.5 Å². The van der Waals surface area contributed by atoms with Crippen LogP contribution in [0.2, 0.25) is 0 Å². The summed E-state index contributed by atoms with van der Waals surface area (Å²) >= 11 is 0. The van der Waals surface area contributed by atoms with Crippen molar-refractivity contribution in [1.29, 1.82) is 0 Å². The number of carbonyl (C=O) groups excluding carboxylic acids is 2. The smallest absolute Gasteiger partial charge is 0.261 e. The minimum atomic E-state index is -0.441. The summed E-state index contributed by atoms with van der Waals surface area (Å²) in [5.74, 6) is 0.749. The Morgan fingerprint density at radius 1 is 0.625 bits per heavy atom. The Bertz CT molecular complexity index is 1530. The lowest BCUT2D eigenvalue weighted by molar-refractivity contribution is 0.101. The Kier molecular flexibility index (Phi) is 7.05. The first-order chi connectivity index (χ1) is 19.4. The third-order valence-corrected chi connectivity index (χ3v) is 6.17. The minimum Gasteiger partial charge on any atom is -0.497 e. The first-order valence-corrected chi connectivity index (χ1v) is 12.1. The van der Waals surface area contributed by atoms with Gasteiger partial charge in [-0.2, -0.15) is 10.2 Å². The van der Waals surface area contributed by atoms with Crippen LogP contribution >= 0.6 is 0 Å². The van der Waals surface area contributed by atoms with Gasteiger partial charge < -0.3 is 31.6 Å². The number of H-pyrrole nitrogens is 2. The van der Waals surface area contributed by atoms with Gasteiger partial charge in [-0.25, -0.2) is 0 Å². The second-order valence-corrected chi connectivity index (χ2v) is 8.66. The Morgan fingerprint density at radius 2 is 0.975 bits per heavy atom. The average molecular weight is 539 g/mol. The minimum absolute atomic E-state index is 0.137. The van der Waals surface area contributed by atoms with Crippen LogP contribution in [0.1, 0.15) is 20.7 Å². The quantitative estimate of drug-likeness (QED) is 0.170. The highest BCUT2D eigenvalue weighted by Gasteiger charge is 2.22. The van der Waals surface area contributed by atoms with Gasteiger partial charge in [0.25, 0.3) is 11.8 Å². The molecule has 0 unspecified atom stereocenters. The number of methoxy groups -OCH3 is 2. The van der Waals surface area contributed by atoms with Crippen LogP contribution < -0.4 is 31.6 Å². The van der Waals surface area contributed by atoms with E-state index in [4.69, 9.17) is 20.9 Å². The number of aromatic amines is 2. The molecule has 12 nitrogen and oxygen atoms in total. The number of ether oxygens (including phenoxy) is 2. The van der Waals surface area contributed by atoms with Crippen molar-refractivity contribution in [2.24, 2.45) is 0 Å². The Hall–Kier alpha value is -5.78. The van der Waals surface area contributed by atoms with E-state index in [-0.39, 0.29) is 22.8 Å². The molecule has 3 aromatic carbocycles. The van der Waals surface area contributed by atoms with E-state index in [9.17, 15) is 9.59 Å². The molecule has 0 fully saturated rings. The third kappa shape index (κ3) is 5.13.